The van der Waals surface area contributed by atoms with Crippen molar-refractivity contribution in [3.63, 3.8) is 0 Å². The van der Waals surface area contributed by atoms with Gasteiger partial charge in [-0.05, 0) is 55.6 Å². The Labute approximate surface area is 187 Å². The Morgan fingerprint density at radius 1 is 1.31 bits per heavy atom. The van der Waals surface area contributed by atoms with Crippen molar-refractivity contribution in [2.45, 2.75) is 50.7 Å². The van der Waals surface area contributed by atoms with E-state index in [1.54, 1.807) is 17.0 Å². The average molecular weight is 462 g/mol. The van der Waals surface area contributed by atoms with Crippen molar-refractivity contribution in [3.8, 4) is 6.07 Å². The molecule has 32 heavy (non-hydrogen) atoms. The predicted octanol–water partition coefficient (Wildman–Crippen LogP) is 4.94. The minimum Gasteiger partial charge on any atom is -0.303 e. The second-order valence-corrected chi connectivity index (χ2v) is 8.17. The first kappa shape index (κ1) is 22.1. The topological polar surface area (TPSA) is 59.7 Å². The van der Waals surface area contributed by atoms with E-state index in [1.165, 1.54) is 18.2 Å². The highest BCUT2D eigenvalue weighted by Crippen LogP contribution is 2.48. The van der Waals surface area contributed by atoms with Crippen LogP contribution >= 0.6 is 12.2 Å². The molecule has 1 saturated carbocycles. The van der Waals surface area contributed by atoms with E-state index in [9.17, 15) is 22.4 Å². The first-order chi connectivity index (χ1) is 15.1. The minimum absolute atomic E-state index is 0.0463. The molecule has 1 amide bonds. The molecule has 2 fully saturated rings. The molecule has 0 radical (unpaired) electrons. The second-order valence-electron chi connectivity index (χ2n) is 7.80. The van der Waals surface area contributed by atoms with Crippen LogP contribution < -0.4 is 4.90 Å². The van der Waals surface area contributed by atoms with E-state index in [0.717, 1.165) is 17.5 Å². The zero-order valence-corrected chi connectivity index (χ0v) is 17.9. The maximum Gasteiger partial charge on any atom is 0.415 e. The molecule has 0 N–H and O–H groups in total. The van der Waals surface area contributed by atoms with Gasteiger partial charge in [0.25, 0.3) is 5.91 Å². The van der Waals surface area contributed by atoms with E-state index in [2.05, 4.69) is 4.99 Å². The van der Waals surface area contributed by atoms with Crippen molar-refractivity contribution in [2.24, 2.45) is 4.99 Å². The molecule has 1 aromatic rings. The number of rotatable bonds is 3. The number of nitriles is 1. The van der Waals surface area contributed by atoms with Gasteiger partial charge in [0.2, 0.25) is 0 Å². The summed E-state index contributed by atoms with van der Waals surface area (Å²) in [5.74, 6) is -0.804. The largest absolute Gasteiger partial charge is 0.415 e. The van der Waals surface area contributed by atoms with E-state index in [4.69, 9.17) is 17.5 Å². The van der Waals surface area contributed by atoms with Crippen LogP contribution in [0.4, 0.5) is 23.2 Å². The zero-order valence-electron chi connectivity index (χ0n) is 17.0. The zero-order chi connectivity index (χ0) is 23.3. The Morgan fingerprint density at radius 2 is 2.03 bits per heavy atom. The number of nitrogens with zero attached hydrogens (tertiary/aromatic N) is 4. The Morgan fingerprint density at radius 3 is 2.56 bits per heavy atom. The molecule has 5 nitrogen and oxygen atoms in total. The van der Waals surface area contributed by atoms with Crippen LogP contribution in [-0.2, 0) is 11.2 Å². The molecule has 1 spiro atoms. The van der Waals surface area contributed by atoms with E-state index in [1.807, 2.05) is 6.92 Å². The van der Waals surface area contributed by atoms with Crippen molar-refractivity contribution in [2.75, 3.05) is 4.90 Å². The summed E-state index contributed by atoms with van der Waals surface area (Å²) < 4.78 is 54.5. The van der Waals surface area contributed by atoms with Gasteiger partial charge in [-0.2, -0.15) is 18.4 Å². The summed E-state index contributed by atoms with van der Waals surface area (Å²) in [7, 11) is 0. The third kappa shape index (κ3) is 3.32. The second kappa shape index (κ2) is 7.81. The lowest BCUT2D eigenvalue weighted by atomic mass is 9.75. The number of aliphatic imine (C=N–C) groups is 1. The molecule has 4 rings (SSSR count). The highest BCUT2D eigenvalue weighted by atomic mass is 32.1. The standard InChI is InChI=1S/C22H18F4N4OS/c1-2-13-4-5-14(10-17(13)23)30-20(32)29(19(31)21(30)8-3-9-21)15-6-7-16(22(24,25)26)18(11-27)28-12-15/h4-6,10,12H,2-3,7-9H2,1H3. The number of anilines is 1. The highest BCUT2D eigenvalue weighted by molar-refractivity contribution is 7.80. The molecule has 10 heteroatoms. The van der Waals surface area contributed by atoms with Crippen molar-refractivity contribution in [1.29, 1.82) is 5.26 Å². The lowest BCUT2D eigenvalue weighted by Crippen LogP contribution is -2.55. The van der Waals surface area contributed by atoms with Gasteiger partial charge in [0.1, 0.15) is 23.1 Å². The van der Waals surface area contributed by atoms with Gasteiger partial charge in [-0.1, -0.05) is 19.1 Å². The summed E-state index contributed by atoms with van der Waals surface area (Å²) >= 11 is 5.57. The molecule has 166 valence electrons. The number of thiocarbonyl (C=S) groups is 1. The fourth-order valence-corrected chi connectivity index (χ4v) is 4.70. The molecule has 1 aromatic carbocycles. The predicted molar refractivity (Wildman–Crippen MR) is 114 cm³/mol. The lowest BCUT2D eigenvalue weighted by Gasteiger charge is -2.43. The van der Waals surface area contributed by atoms with Gasteiger partial charge in [-0.25, -0.2) is 9.38 Å². The highest BCUT2D eigenvalue weighted by Gasteiger charge is 2.60. The third-order valence-electron chi connectivity index (χ3n) is 6.10. The molecule has 0 aromatic heterocycles. The van der Waals surface area contributed by atoms with Crippen molar-refractivity contribution >= 4 is 35.1 Å². The SMILES string of the molecule is CCc1ccc(N2C(=S)N(C3=CCC(C(F)(F)F)=C(C#N)N=C3)C(=O)C23CCC3)cc1F. The van der Waals surface area contributed by atoms with Crippen LogP contribution in [0.15, 0.2) is 46.2 Å². The fraction of sp³-hybridized carbons (Fsp3) is 0.364. The molecule has 2 heterocycles. The normalized spacial score (nSPS) is 20.4. The van der Waals surface area contributed by atoms with Crippen LogP contribution in [0.25, 0.3) is 0 Å². The van der Waals surface area contributed by atoms with Crippen molar-refractivity contribution in [1.82, 2.24) is 4.90 Å². The number of carbonyl (C=O) groups excluding carboxylic acids is 1. The summed E-state index contributed by atoms with van der Waals surface area (Å²) in [5, 5.41) is 9.15. The van der Waals surface area contributed by atoms with Gasteiger partial charge in [-0.3, -0.25) is 9.69 Å². The number of allylic oxidation sites excluding steroid dienone is 4. The van der Waals surface area contributed by atoms with Gasteiger partial charge in [0, 0.05) is 12.1 Å². The number of benzene rings is 1. The van der Waals surface area contributed by atoms with Crippen LogP contribution in [0, 0.1) is 17.1 Å². The number of aryl methyl sites for hydroxylation is 1. The van der Waals surface area contributed by atoms with Gasteiger partial charge >= 0.3 is 6.18 Å². The summed E-state index contributed by atoms with van der Waals surface area (Å²) in [6.07, 6.45) is -0.870. The average Bonchev–Trinajstić information content (AvgIpc) is 2.83. The Kier molecular flexibility index (Phi) is 5.41. The van der Waals surface area contributed by atoms with Gasteiger partial charge < -0.3 is 4.90 Å². The van der Waals surface area contributed by atoms with Crippen molar-refractivity contribution < 1.29 is 22.4 Å². The molecular formula is C22H18F4N4OS. The van der Waals surface area contributed by atoms with Crippen molar-refractivity contribution in [3.05, 3.63) is 52.6 Å². The number of alkyl halides is 3. The summed E-state index contributed by atoms with van der Waals surface area (Å²) in [6, 6.07) is 6.12. The van der Waals surface area contributed by atoms with Crippen LogP contribution in [0.5, 0.6) is 0 Å². The maximum atomic E-state index is 14.5. The Hall–Kier alpha value is -3.06. The molecular weight excluding hydrogens is 444 g/mol. The molecule has 1 saturated heterocycles. The van der Waals surface area contributed by atoms with E-state index in [0.29, 0.717) is 30.5 Å². The van der Waals surface area contributed by atoms with E-state index >= 15 is 0 Å². The summed E-state index contributed by atoms with van der Waals surface area (Å²) in [5.41, 5.74) is -1.84. The van der Waals surface area contributed by atoms with Crippen LogP contribution in [0.2, 0.25) is 0 Å². The summed E-state index contributed by atoms with van der Waals surface area (Å²) in [4.78, 5) is 19.9. The van der Waals surface area contributed by atoms with Gasteiger partial charge in [0.15, 0.2) is 5.11 Å². The van der Waals surface area contributed by atoms with E-state index < -0.39 is 35.2 Å². The minimum atomic E-state index is -4.73. The Bertz CT molecular complexity index is 1140. The van der Waals surface area contributed by atoms with Gasteiger partial charge in [-0.15, -0.1) is 0 Å². The maximum absolute atomic E-state index is 14.5. The third-order valence-corrected chi connectivity index (χ3v) is 6.47. The molecule has 0 unspecified atom stereocenters. The fourth-order valence-electron chi connectivity index (χ4n) is 4.23. The first-order valence-electron chi connectivity index (χ1n) is 10.1. The number of carbonyl (C=O) groups is 1. The Balaban J connectivity index is 1.74. The molecule has 2 aliphatic heterocycles. The van der Waals surface area contributed by atoms with Crippen LogP contribution in [0.1, 0.15) is 38.2 Å². The molecule has 3 aliphatic rings. The number of hydrogen-bond acceptors (Lipinski definition) is 4. The molecule has 0 atom stereocenters. The number of halogens is 4. The summed E-state index contributed by atoms with van der Waals surface area (Å²) in [6.45, 7) is 1.83. The molecule has 0 bridgehead atoms. The smallest absolute Gasteiger partial charge is 0.303 e. The van der Waals surface area contributed by atoms with Crippen LogP contribution in [0.3, 0.4) is 0 Å². The quantitative estimate of drug-likeness (QED) is 0.472. The number of hydrogen-bond donors (Lipinski definition) is 0. The lowest BCUT2D eigenvalue weighted by molar-refractivity contribution is -0.131. The van der Waals surface area contributed by atoms with Gasteiger partial charge in [0.05, 0.1) is 17.5 Å². The number of amides is 1. The monoisotopic (exact) mass is 462 g/mol. The molecule has 1 aliphatic carbocycles. The first-order valence-corrected chi connectivity index (χ1v) is 10.5. The van der Waals surface area contributed by atoms with Crippen LogP contribution in [-0.4, -0.2) is 33.8 Å². The van der Waals surface area contributed by atoms with E-state index in [-0.39, 0.29) is 16.7 Å².